The van der Waals surface area contributed by atoms with E-state index in [1.165, 1.54) is 0 Å². The highest BCUT2D eigenvalue weighted by Gasteiger charge is 2.67. The second-order valence-electron chi connectivity index (χ2n) is 31.8. The Balaban J connectivity index is 1.20. The summed E-state index contributed by atoms with van der Waals surface area (Å²) in [6.07, 6.45) is -94.1. The molecular weight excluding hydrogens is 1790 g/mol. The molecule has 8 rings (SSSR count). The quantitative estimate of drug-likeness (QED) is 0.0270. The van der Waals surface area contributed by atoms with Gasteiger partial charge in [0.1, 0.15) is 184 Å². The van der Waals surface area contributed by atoms with Gasteiger partial charge in [0.05, 0.1) is 101 Å². The predicted molar refractivity (Wildman–Crippen MR) is 394 cm³/mol. The highest BCUT2D eigenvalue weighted by molar-refractivity contribution is 5.80. The van der Waals surface area contributed by atoms with Crippen molar-refractivity contribution in [2.75, 3.05) is 66.1 Å². The number of ether oxygens (including phenoxy) is 15. The van der Waals surface area contributed by atoms with Crippen LogP contribution in [0.3, 0.4) is 0 Å². The number of hydrogen-bond acceptors (Lipinski definition) is 51. The second kappa shape index (κ2) is 45.9. The molecule has 0 spiro atoms. The summed E-state index contributed by atoms with van der Waals surface area (Å²) in [4.78, 5) is 119. The molecule has 0 radical (unpaired) electrons. The van der Waals surface area contributed by atoms with E-state index in [0.717, 1.165) is 20.8 Å². The Kier molecular flexibility index (Phi) is 38.5. The van der Waals surface area contributed by atoms with E-state index in [-0.39, 0.29) is 0 Å². The smallest absolute Gasteiger partial charge is 0.364 e. The standard InChI is InChI=1S/C70H113N5O55/c1-18(86)71-35-22(90)6-69(65(112)113,126-53(35)40(97)25(93)8-76)129-57-43(100)28(11-79)118-61(48(57)105)122-52-39(73-20(3)88)60(117-27(10-78)42(52)99)121-51-32(15-83)119-62(120-50-31(14-82)116-59(107)47(104)46(50)103)49(106)58(51)130-70(66(114)115)7-24(92)38(75-34(96)17-85)56(128-70)45(102)30(13-81)124-68(64(110)111)4-21(89)36(72-19(2)87)55(127-68)44(101)29(12-80)123-67(63(108)109)5-23(91)37(74-33(95)16-84)54(125-67)41(98)26(94)9-77/h21-32,35-62,76-85,89-94,97-107H,4-17H2,1-3H3,(H,71,86)(H,72,87)(H,73,88)(H,74,95)(H,75,96)(H,108,109)(H,110,111)(H,112,113)(H,114,115)/t21-,22-,23-,24-,25+,26+,27+,28+,29+,30+,31+,32+,35+,36+,37+,38+,39+,40+,41+,42-,43-,44+,45+,46+,47+,48+,49+,50+,51-,52+,53+,54+,55+,56+,57-,58+,59+,60-,61-,62-,67+,68+,69-,70-/m0/s1. The van der Waals surface area contributed by atoms with E-state index in [0.29, 0.717) is 0 Å². The van der Waals surface area contributed by atoms with Crippen LogP contribution in [0.25, 0.3) is 0 Å². The largest absolute Gasteiger partial charge is 0.477 e. The van der Waals surface area contributed by atoms with Crippen LogP contribution < -0.4 is 26.6 Å². The second-order valence-corrected chi connectivity index (χ2v) is 31.8. The van der Waals surface area contributed by atoms with Crippen LogP contribution in [0.4, 0.5) is 0 Å². The average molecular weight is 1900 g/mol. The minimum atomic E-state index is -3.96. The Morgan fingerprint density at radius 2 is 0.638 bits per heavy atom. The number of aliphatic hydroxyl groups is 27. The van der Waals surface area contributed by atoms with E-state index in [1.54, 1.807) is 0 Å². The van der Waals surface area contributed by atoms with Gasteiger partial charge in [-0.2, -0.15) is 0 Å². The lowest BCUT2D eigenvalue weighted by atomic mass is 9.86. The van der Waals surface area contributed by atoms with Crippen molar-refractivity contribution < 1.29 is 273 Å². The Labute approximate surface area is 730 Å². The maximum atomic E-state index is 14.5. The van der Waals surface area contributed by atoms with Crippen molar-refractivity contribution in [2.45, 2.75) is 314 Å². The van der Waals surface area contributed by atoms with Crippen LogP contribution in [-0.2, 0) is 114 Å². The molecular formula is C70H113N5O55. The van der Waals surface area contributed by atoms with Crippen LogP contribution in [0, 0.1) is 0 Å². The molecule has 8 aliphatic rings. The fourth-order valence-electron chi connectivity index (χ4n) is 16.3. The monoisotopic (exact) mass is 1900 g/mol. The number of nitrogens with one attached hydrogen (secondary N) is 5. The van der Waals surface area contributed by atoms with Crippen LogP contribution >= 0.6 is 0 Å². The van der Waals surface area contributed by atoms with Gasteiger partial charge in [-0.3, -0.25) is 24.0 Å². The van der Waals surface area contributed by atoms with Crippen LogP contribution in [0.1, 0.15) is 46.5 Å². The normalized spacial score (nSPS) is 42.0. The van der Waals surface area contributed by atoms with Crippen LogP contribution in [0.5, 0.6) is 0 Å². The minimum absolute atomic E-state index is 0.760. The Morgan fingerprint density at radius 1 is 0.331 bits per heavy atom. The molecule has 60 nitrogen and oxygen atoms in total. The molecule has 60 heteroatoms. The molecule has 0 aromatic heterocycles. The summed E-state index contributed by atoms with van der Waals surface area (Å²) >= 11 is 0. The van der Waals surface area contributed by atoms with Gasteiger partial charge in [0.15, 0.2) is 25.2 Å². The maximum Gasteiger partial charge on any atom is 0.364 e. The number of carbonyl (C=O) groups excluding carboxylic acids is 5. The third kappa shape index (κ3) is 23.6. The summed E-state index contributed by atoms with van der Waals surface area (Å²) in [7, 11) is 0. The van der Waals surface area contributed by atoms with Crippen molar-refractivity contribution in [1.29, 1.82) is 0 Å². The van der Waals surface area contributed by atoms with Crippen molar-refractivity contribution in [3.8, 4) is 0 Å². The average Bonchev–Trinajstić information content (AvgIpc) is 0.763. The molecule has 8 aliphatic heterocycles. The number of carbonyl (C=O) groups is 9. The van der Waals surface area contributed by atoms with E-state index in [9.17, 15) is 201 Å². The number of carboxylic acid groups (broad SMARTS) is 4. The lowest BCUT2D eigenvalue weighted by molar-refractivity contribution is -0.405. The van der Waals surface area contributed by atoms with E-state index in [4.69, 9.17) is 71.1 Å². The molecule has 0 aromatic rings. The van der Waals surface area contributed by atoms with E-state index >= 15 is 0 Å². The van der Waals surface area contributed by atoms with Gasteiger partial charge < -0.3 is 256 Å². The molecule has 36 N–H and O–H groups in total. The van der Waals surface area contributed by atoms with Gasteiger partial charge in [-0.15, -0.1) is 0 Å². The highest BCUT2D eigenvalue weighted by Crippen LogP contribution is 2.46. The summed E-state index contributed by atoms with van der Waals surface area (Å²) in [6, 6.07) is -10.9. The molecule has 8 heterocycles. The number of hydrogen-bond donors (Lipinski definition) is 36. The molecule has 0 aromatic carbocycles. The lowest BCUT2D eigenvalue weighted by Gasteiger charge is -2.53. The molecule has 130 heavy (non-hydrogen) atoms. The zero-order valence-electron chi connectivity index (χ0n) is 68.7. The Morgan fingerprint density at radius 3 is 1.00 bits per heavy atom. The van der Waals surface area contributed by atoms with Gasteiger partial charge in [0, 0.05) is 46.5 Å². The Hall–Kier alpha value is -6.45. The summed E-state index contributed by atoms with van der Waals surface area (Å²) in [5, 5.41) is 355. The van der Waals surface area contributed by atoms with Gasteiger partial charge in [0.25, 0.3) is 23.1 Å². The zero-order chi connectivity index (χ0) is 97.3. The van der Waals surface area contributed by atoms with Gasteiger partial charge in [-0.1, -0.05) is 0 Å². The first-order chi connectivity index (χ1) is 61.0. The van der Waals surface area contributed by atoms with Gasteiger partial charge in [-0.05, 0) is 0 Å². The van der Waals surface area contributed by atoms with Crippen LogP contribution in [0.2, 0.25) is 0 Å². The van der Waals surface area contributed by atoms with Gasteiger partial charge in [-0.25, -0.2) is 19.2 Å². The first-order valence-electron chi connectivity index (χ1n) is 40.0. The molecule has 748 valence electrons. The zero-order valence-corrected chi connectivity index (χ0v) is 68.7. The summed E-state index contributed by atoms with van der Waals surface area (Å²) in [5.41, 5.74) is 0. The highest BCUT2D eigenvalue weighted by atomic mass is 16.8. The molecule has 8 fully saturated rings. The third-order valence-electron chi connectivity index (χ3n) is 22.8. The van der Waals surface area contributed by atoms with E-state index in [2.05, 4.69) is 16.0 Å². The predicted octanol–water partition coefficient (Wildman–Crippen LogP) is -23.0. The number of amides is 5. The summed E-state index contributed by atoms with van der Waals surface area (Å²) < 4.78 is 87.2. The molecule has 0 unspecified atom stereocenters. The minimum Gasteiger partial charge on any atom is -0.477 e. The maximum absolute atomic E-state index is 14.5. The third-order valence-corrected chi connectivity index (χ3v) is 22.8. The first-order valence-corrected chi connectivity index (χ1v) is 40.0. The first kappa shape index (κ1) is 109. The van der Waals surface area contributed by atoms with Crippen LogP contribution in [-0.4, -0.2) is 546 Å². The molecule has 0 bridgehead atoms. The van der Waals surface area contributed by atoms with Crippen molar-refractivity contribution in [2.24, 2.45) is 0 Å². The number of aliphatic carboxylic acids is 4. The van der Waals surface area contributed by atoms with Crippen molar-refractivity contribution >= 4 is 53.4 Å². The van der Waals surface area contributed by atoms with Crippen molar-refractivity contribution in [3.63, 3.8) is 0 Å². The van der Waals surface area contributed by atoms with Gasteiger partial charge >= 0.3 is 23.9 Å². The molecule has 8 saturated heterocycles. The van der Waals surface area contributed by atoms with E-state index in [1.807, 2.05) is 10.6 Å². The molecule has 0 saturated carbocycles. The summed E-state index contributed by atoms with van der Waals surface area (Å²) in [5.74, 6) is -30.5. The SMILES string of the molecule is CC(=O)N[C@H]1[C@H](O[C@@H]2[C@H](O[C@]3(C(=O)O)C[C@H](O)[C@@H](NC(=O)CO)[C@H]([C@H](O)[C@@H](CO)O[C@]4(C(=O)O)C[C@H](O)[C@@H](NC(C)=O)[C@H]([C@H](O)[C@@H](CO)O[C@]5(C(=O)O)C[C@H](O)[C@@H](NC(=O)CO)[C@H]([C@H](O)[C@H](O)CO)O5)O4)O3)[C@@H](O)[C@H](O[C@H]3[C@H](O)[C@@H](O)[C@H](O)O[C@@H]3CO)O[C@@H]2CO)O[C@H](CO)[C@H](O)[C@@H]1O[C@@H]1O[C@H](CO)[C@H](O)[C@H](O[C@]2(C(=O)O)C[C@H](O)[C@@H](NC(C)=O)[C@H]([C@H](O)[C@H](O)CO)O2)[C@H]1O. The fourth-order valence-corrected chi connectivity index (χ4v) is 16.3. The fraction of sp³-hybridized carbons (Fsp3) is 0.871. The van der Waals surface area contributed by atoms with Gasteiger partial charge in [0.2, 0.25) is 29.5 Å². The number of carboxylic acids is 4. The van der Waals surface area contributed by atoms with Crippen molar-refractivity contribution in [3.05, 3.63) is 0 Å². The Bertz CT molecular complexity index is 3760. The van der Waals surface area contributed by atoms with Crippen molar-refractivity contribution in [1.82, 2.24) is 26.6 Å². The van der Waals surface area contributed by atoms with E-state index < -0.39 is 413 Å². The lowest BCUT2D eigenvalue weighted by Crippen LogP contribution is -2.73. The number of rotatable bonds is 41. The van der Waals surface area contributed by atoms with Crippen LogP contribution in [0.15, 0.2) is 0 Å². The topological polar surface area (TPSA) is 979 Å². The molecule has 0 aliphatic carbocycles. The molecule has 5 amide bonds. The molecule has 44 atom stereocenters. The number of aliphatic hydroxyl groups excluding tert-OH is 27. The summed E-state index contributed by atoms with van der Waals surface area (Å²) in [6.45, 7) is -12.1.